The summed E-state index contributed by atoms with van der Waals surface area (Å²) < 4.78 is 31.3. The average molecular weight is 349 g/mol. The molecule has 0 heterocycles. The number of carbonyl (C=O) groups excluding carboxylic acids is 1. The van der Waals surface area contributed by atoms with Gasteiger partial charge in [0.1, 0.15) is 10.6 Å². The fraction of sp³-hybridized carbons (Fsp3) is 0.500. The van der Waals surface area contributed by atoms with Crippen LogP contribution >= 0.6 is 11.6 Å². The van der Waals surface area contributed by atoms with E-state index in [0.717, 1.165) is 4.31 Å². The average Bonchev–Trinajstić information content (AvgIpc) is 2.48. The molecule has 22 heavy (non-hydrogen) atoms. The van der Waals surface area contributed by atoms with Gasteiger partial charge in [0, 0.05) is 25.2 Å². The highest BCUT2D eigenvalue weighted by atomic mass is 35.5. The Balaban J connectivity index is 3.09. The van der Waals surface area contributed by atoms with Crippen LogP contribution in [0.2, 0.25) is 5.02 Å². The SMILES string of the molecule is CCN(CC)C(=O)CN(C)S(=O)(=O)c1cc(Cl)ccc1OC. The third-order valence-corrected chi connectivity index (χ3v) is 5.35. The van der Waals surface area contributed by atoms with Crippen molar-refractivity contribution in [1.29, 1.82) is 0 Å². The number of amides is 1. The number of nitrogens with zero attached hydrogens (tertiary/aromatic N) is 2. The number of benzene rings is 1. The second-order valence-electron chi connectivity index (χ2n) is 4.62. The van der Waals surface area contributed by atoms with Crippen molar-refractivity contribution < 1.29 is 17.9 Å². The lowest BCUT2D eigenvalue weighted by molar-refractivity contribution is -0.130. The number of hydrogen-bond donors (Lipinski definition) is 0. The first-order valence-electron chi connectivity index (χ1n) is 6.85. The minimum atomic E-state index is -3.87. The number of halogens is 1. The molecule has 0 saturated heterocycles. The monoisotopic (exact) mass is 348 g/mol. The molecule has 0 bridgehead atoms. The van der Waals surface area contributed by atoms with Gasteiger partial charge in [-0.3, -0.25) is 4.79 Å². The molecule has 1 rings (SSSR count). The summed E-state index contributed by atoms with van der Waals surface area (Å²) in [5.41, 5.74) is 0. The quantitative estimate of drug-likeness (QED) is 0.754. The lowest BCUT2D eigenvalue weighted by Crippen LogP contribution is -2.41. The number of hydrogen-bond acceptors (Lipinski definition) is 4. The zero-order valence-corrected chi connectivity index (χ0v) is 14.7. The number of sulfonamides is 1. The Morgan fingerprint density at radius 2 is 1.86 bits per heavy atom. The van der Waals surface area contributed by atoms with Crippen LogP contribution in [0.5, 0.6) is 5.75 Å². The highest BCUT2D eigenvalue weighted by Gasteiger charge is 2.27. The van der Waals surface area contributed by atoms with E-state index in [2.05, 4.69) is 0 Å². The van der Waals surface area contributed by atoms with Crippen molar-refractivity contribution in [3.63, 3.8) is 0 Å². The van der Waals surface area contributed by atoms with Crippen LogP contribution in [0, 0.1) is 0 Å². The summed E-state index contributed by atoms with van der Waals surface area (Å²) in [5, 5.41) is 0.280. The highest BCUT2D eigenvalue weighted by Crippen LogP contribution is 2.29. The third-order valence-electron chi connectivity index (χ3n) is 3.29. The minimum absolute atomic E-state index is 0.0580. The molecule has 1 aromatic rings. The van der Waals surface area contributed by atoms with E-state index in [1.54, 1.807) is 11.0 Å². The van der Waals surface area contributed by atoms with Crippen LogP contribution in [-0.2, 0) is 14.8 Å². The molecule has 0 atom stereocenters. The zero-order valence-electron chi connectivity index (χ0n) is 13.2. The van der Waals surface area contributed by atoms with E-state index in [0.29, 0.717) is 13.1 Å². The van der Waals surface area contributed by atoms with Gasteiger partial charge in [0.25, 0.3) is 0 Å². The number of rotatable bonds is 7. The molecule has 0 radical (unpaired) electrons. The van der Waals surface area contributed by atoms with Crippen LogP contribution in [-0.4, -0.2) is 57.3 Å². The van der Waals surface area contributed by atoms with E-state index < -0.39 is 10.0 Å². The van der Waals surface area contributed by atoms with Crippen LogP contribution in [0.25, 0.3) is 0 Å². The van der Waals surface area contributed by atoms with Gasteiger partial charge in [0.15, 0.2) is 0 Å². The van der Waals surface area contributed by atoms with Gasteiger partial charge in [0.05, 0.1) is 13.7 Å². The van der Waals surface area contributed by atoms with Crippen LogP contribution < -0.4 is 4.74 Å². The summed E-state index contributed by atoms with van der Waals surface area (Å²) in [4.78, 5) is 13.6. The Bertz CT molecular complexity index is 630. The lowest BCUT2D eigenvalue weighted by atomic mass is 10.3. The summed E-state index contributed by atoms with van der Waals surface area (Å²) >= 11 is 5.87. The fourth-order valence-electron chi connectivity index (χ4n) is 1.97. The molecule has 0 aliphatic carbocycles. The molecule has 0 N–H and O–H groups in total. The Hall–Kier alpha value is -1.31. The first-order valence-corrected chi connectivity index (χ1v) is 8.67. The van der Waals surface area contributed by atoms with Gasteiger partial charge < -0.3 is 9.64 Å². The predicted molar refractivity (Wildman–Crippen MR) is 85.7 cm³/mol. The van der Waals surface area contributed by atoms with Gasteiger partial charge in [-0.2, -0.15) is 4.31 Å². The van der Waals surface area contributed by atoms with Gasteiger partial charge in [0.2, 0.25) is 15.9 Å². The molecule has 0 aliphatic heterocycles. The minimum Gasteiger partial charge on any atom is -0.495 e. The number of methoxy groups -OCH3 is 1. The Morgan fingerprint density at radius 3 is 2.36 bits per heavy atom. The summed E-state index contributed by atoms with van der Waals surface area (Å²) in [6, 6.07) is 4.34. The van der Waals surface area contributed by atoms with Crippen molar-refractivity contribution in [2.45, 2.75) is 18.7 Å². The van der Waals surface area contributed by atoms with Gasteiger partial charge in [-0.25, -0.2) is 8.42 Å². The highest BCUT2D eigenvalue weighted by molar-refractivity contribution is 7.89. The second-order valence-corrected chi connectivity index (χ2v) is 7.07. The van der Waals surface area contributed by atoms with Crippen molar-refractivity contribution >= 4 is 27.5 Å². The Labute approximate surface area is 136 Å². The van der Waals surface area contributed by atoms with E-state index >= 15 is 0 Å². The van der Waals surface area contributed by atoms with E-state index in [9.17, 15) is 13.2 Å². The standard InChI is InChI=1S/C14H21ClN2O4S/c1-5-17(6-2)14(18)10-16(3)22(19,20)13-9-11(15)7-8-12(13)21-4/h7-9H,5-6,10H2,1-4H3. The molecular weight excluding hydrogens is 328 g/mol. The van der Waals surface area contributed by atoms with Crippen molar-refractivity contribution in [1.82, 2.24) is 9.21 Å². The van der Waals surface area contributed by atoms with Crippen molar-refractivity contribution in [3.05, 3.63) is 23.2 Å². The predicted octanol–water partition coefficient (Wildman–Crippen LogP) is 1.84. The molecule has 0 aromatic heterocycles. The van der Waals surface area contributed by atoms with Gasteiger partial charge in [-0.15, -0.1) is 0 Å². The molecule has 0 unspecified atom stereocenters. The molecule has 124 valence electrons. The van der Waals surface area contributed by atoms with Gasteiger partial charge in [-0.05, 0) is 32.0 Å². The van der Waals surface area contributed by atoms with Gasteiger partial charge >= 0.3 is 0 Å². The number of carbonyl (C=O) groups is 1. The van der Waals surface area contributed by atoms with E-state index in [1.807, 2.05) is 13.8 Å². The molecular formula is C14H21ClN2O4S. The van der Waals surface area contributed by atoms with Crippen molar-refractivity contribution in [2.75, 3.05) is 33.8 Å². The molecule has 0 fully saturated rings. The number of ether oxygens (including phenoxy) is 1. The van der Waals surface area contributed by atoms with Crippen LogP contribution in [0.15, 0.2) is 23.1 Å². The van der Waals surface area contributed by atoms with E-state index in [4.69, 9.17) is 16.3 Å². The normalized spacial score (nSPS) is 11.5. The van der Waals surface area contributed by atoms with Gasteiger partial charge in [-0.1, -0.05) is 11.6 Å². The van der Waals surface area contributed by atoms with E-state index in [1.165, 1.54) is 26.3 Å². The maximum Gasteiger partial charge on any atom is 0.247 e. The lowest BCUT2D eigenvalue weighted by Gasteiger charge is -2.23. The molecule has 1 aromatic carbocycles. The summed E-state index contributed by atoms with van der Waals surface area (Å²) in [6.07, 6.45) is 0. The molecule has 0 aliphatic rings. The molecule has 8 heteroatoms. The maximum absolute atomic E-state index is 12.6. The zero-order chi connectivity index (χ0) is 16.9. The summed E-state index contributed by atoms with van der Waals surface area (Å²) in [7, 11) is -1.14. The Kier molecular flexibility index (Phi) is 6.65. The molecule has 0 spiro atoms. The maximum atomic E-state index is 12.6. The summed E-state index contributed by atoms with van der Waals surface area (Å²) in [5.74, 6) is -0.0661. The van der Waals surface area contributed by atoms with Crippen molar-refractivity contribution in [2.24, 2.45) is 0 Å². The largest absolute Gasteiger partial charge is 0.495 e. The molecule has 1 amide bonds. The number of likely N-dealkylation sites (N-methyl/N-ethyl adjacent to an activating group) is 2. The molecule has 6 nitrogen and oxygen atoms in total. The van der Waals surface area contributed by atoms with Crippen LogP contribution in [0.4, 0.5) is 0 Å². The van der Waals surface area contributed by atoms with Crippen molar-refractivity contribution in [3.8, 4) is 5.75 Å². The summed E-state index contributed by atoms with van der Waals surface area (Å²) in [6.45, 7) is 4.51. The first-order chi connectivity index (χ1) is 10.3. The topological polar surface area (TPSA) is 66.9 Å². The third kappa shape index (κ3) is 4.12. The second kappa shape index (κ2) is 7.80. The van der Waals surface area contributed by atoms with Crippen LogP contribution in [0.1, 0.15) is 13.8 Å². The van der Waals surface area contributed by atoms with Crippen LogP contribution in [0.3, 0.4) is 0 Å². The Morgan fingerprint density at radius 1 is 1.27 bits per heavy atom. The smallest absolute Gasteiger partial charge is 0.247 e. The molecule has 0 saturated carbocycles. The fourth-order valence-corrected chi connectivity index (χ4v) is 3.51. The van der Waals surface area contributed by atoms with E-state index in [-0.39, 0.29) is 28.1 Å². The first kappa shape index (κ1) is 18.7.